The summed E-state index contributed by atoms with van der Waals surface area (Å²) in [5.41, 5.74) is 0.573. The molecule has 0 bridgehead atoms. The highest BCUT2D eigenvalue weighted by molar-refractivity contribution is 9.10. The number of hydrogen-bond donors (Lipinski definition) is 1. The van der Waals surface area contributed by atoms with E-state index in [1.807, 2.05) is 0 Å². The number of aliphatic hydroxyl groups excluding tert-OH is 1. The van der Waals surface area contributed by atoms with Crippen molar-refractivity contribution in [3.8, 4) is 0 Å². The number of pyridine rings is 1. The van der Waals surface area contributed by atoms with E-state index in [0.29, 0.717) is 10.2 Å². The second kappa shape index (κ2) is 4.93. The van der Waals surface area contributed by atoms with E-state index in [1.54, 1.807) is 23.2 Å². The summed E-state index contributed by atoms with van der Waals surface area (Å²) in [6.07, 6.45) is 3.40. The lowest BCUT2D eigenvalue weighted by molar-refractivity contribution is 0.0677. The molecule has 4 nitrogen and oxygen atoms in total. The van der Waals surface area contributed by atoms with Crippen molar-refractivity contribution in [1.82, 2.24) is 9.88 Å². The monoisotopic (exact) mass is 284 g/mol. The van der Waals surface area contributed by atoms with E-state index in [-0.39, 0.29) is 18.6 Å². The van der Waals surface area contributed by atoms with Crippen molar-refractivity contribution in [3.63, 3.8) is 0 Å². The third kappa shape index (κ3) is 2.25. The van der Waals surface area contributed by atoms with Crippen molar-refractivity contribution in [2.45, 2.75) is 18.9 Å². The number of rotatable bonds is 2. The summed E-state index contributed by atoms with van der Waals surface area (Å²) in [4.78, 5) is 17.8. The Kier molecular flexibility index (Phi) is 3.56. The van der Waals surface area contributed by atoms with Gasteiger partial charge in [-0.3, -0.25) is 4.79 Å². The van der Waals surface area contributed by atoms with Crippen LogP contribution in [0.4, 0.5) is 0 Å². The van der Waals surface area contributed by atoms with Crippen molar-refractivity contribution in [2.75, 3.05) is 13.2 Å². The molecule has 0 spiro atoms. The van der Waals surface area contributed by atoms with Crippen molar-refractivity contribution in [3.05, 3.63) is 28.5 Å². The lowest BCUT2D eigenvalue weighted by Gasteiger charge is -2.22. The zero-order chi connectivity index (χ0) is 11.5. The van der Waals surface area contributed by atoms with Crippen LogP contribution in [0.5, 0.6) is 0 Å². The average molecular weight is 285 g/mol. The van der Waals surface area contributed by atoms with Gasteiger partial charge in [0, 0.05) is 12.7 Å². The molecule has 1 aliphatic heterocycles. The molecule has 86 valence electrons. The largest absolute Gasteiger partial charge is 0.394 e. The Morgan fingerprint density at radius 1 is 1.62 bits per heavy atom. The highest BCUT2D eigenvalue weighted by Gasteiger charge is 2.28. The van der Waals surface area contributed by atoms with Crippen LogP contribution >= 0.6 is 15.9 Å². The number of aliphatic hydroxyl groups is 1. The normalized spacial score (nSPS) is 20.1. The molecule has 0 aromatic carbocycles. The summed E-state index contributed by atoms with van der Waals surface area (Å²) in [7, 11) is 0. The molecular formula is C11H13BrN2O2. The number of hydrogen-bond acceptors (Lipinski definition) is 3. The summed E-state index contributed by atoms with van der Waals surface area (Å²) in [5, 5.41) is 9.16. The van der Waals surface area contributed by atoms with Gasteiger partial charge in [0.15, 0.2) is 0 Å². The van der Waals surface area contributed by atoms with Crippen LogP contribution in [-0.2, 0) is 0 Å². The Morgan fingerprint density at radius 2 is 2.44 bits per heavy atom. The molecule has 1 aliphatic rings. The smallest absolute Gasteiger partial charge is 0.255 e. The average Bonchev–Trinajstić information content (AvgIpc) is 2.77. The third-order valence-corrected chi connectivity index (χ3v) is 3.29. The molecule has 0 aliphatic carbocycles. The maximum absolute atomic E-state index is 12.1. The molecule has 1 amide bonds. The molecule has 1 aromatic heterocycles. The van der Waals surface area contributed by atoms with Crippen molar-refractivity contribution in [1.29, 1.82) is 0 Å². The van der Waals surface area contributed by atoms with Crippen LogP contribution in [0.1, 0.15) is 23.2 Å². The van der Waals surface area contributed by atoms with E-state index < -0.39 is 0 Å². The first-order valence-electron chi connectivity index (χ1n) is 5.26. The Morgan fingerprint density at radius 3 is 3.06 bits per heavy atom. The minimum atomic E-state index is -0.0449. The molecule has 1 N–H and O–H groups in total. The van der Waals surface area contributed by atoms with Gasteiger partial charge >= 0.3 is 0 Å². The van der Waals surface area contributed by atoms with E-state index in [0.717, 1.165) is 19.4 Å². The summed E-state index contributed by atoms with van der Waals surface area (Å²) < 4.78 is 0.712. The molecular weight excluding hydrogens is 272 g/mol. The van der Waals surface area contributed by atoms with E-state index in [4.69, 9.17) is 5.11 Å². The van der Waals surface area contributed by atoms with E-state index >= 15 is 0 Å². The minimum absolute atomic E-state index is 0.0313. The fourth-order valence-electron chi connectivity index (χ4n) is 1.96. The Labute approximate surface area is 102 Å². The number of halogens is 1. The van der Waals surface area contributed by atoms with Gasteiger partial charge in [-0.25, -0.2) is 4.98 Å². The van der Waals surface area contributed by atoms with E-state index in [1.165, 1.54) is 0 Å². The first-order chi connectivity index (χ1) is 7.72. The Bertz CT molecular complexity index is 380. The summed E-state index contributed by atoms with van der Waals surface area (Å²) in [5.74, 6) is -0.0449. The van der Waals surface area contributed by atoms with Crippen molar-refractivity contribution >= 4 is 21.8 Å². The van der Waals surface area contributed by atoms with Crippen LogP contribution in [0.3, 0.4) is 0 Å². The fraction of sp³-hybridized carbons (Fsp3) is 0.455. The lowest BCUT2D eigenvalue weighted by atomic mass is 10.2. The molecule has 0 radical (unpaired) electrons. The van der Waals surface area contributed by atoms with Crippen LogP contribution in [0.2, 0.25) is 0 Å². The summed E-state index contributed by atoms with van der Waals surface area (Å²) >= 11 is 3.23. The zero-order valence-electron chi connectivity index (χ0n) is 8.77. The number of likely N-dealkylation sites (tertiary alicyclic amines) is 1. The first-order valence-corrected chi connectivity index (χ1v) is 6.05. The summed E-state index contributed by atoms with van der Waals surface area (Å²) in [6.45, 7) is 0.760. The van der Waals surface area contributed by atoms with Gasteiger partial charge in [-0.15, -0.1) is 0 Å². The highest BCUT2D eigenvalue weighted by Crippen LogP contribution is 2.19. The number of carbonyl (C=O) groups excluding carboxylic acids is 1. The molecule has 0 saturated carbocycles. The minimum Gasteiger partial charge on any atom is -0.394 e. The topological polar surface area (TPSA) is 53.4 Å². The van der Waals surface area contributed by atoms with E-state index in [9.17, 15) is 4.79 Å². The van der Waals surface area contributed by atoms with E-state index in [2.05, 4.69) is 20.9 Å². The zero-order valence-corrected chi connectivity index (χ0v) is 10.4. The predicted octanol–water partition coefficient (Wildman–Crippen LogP) is 1.44. The third-order valence-electron chi connectivity index (χ3n) is 2.82. The molecule has 1 atom stereocenters. The molecule has 1 saturated heterocycles. The summed E-state index contributed by atoms with van der Waals surface area (Å²) in [6, 6.07) is 3.46. The molecule has 1 aromatic rings. The van der Waals surface area contributed by atoms with Gasteiger partial charge in [0.2, 0.25) is 0 Å². The number of nitrogens with zero attached hydrogens (tertiary/aromatic N) is 2. The predicted molar refractivity (Wildman–Crippen MR) is 63.1 cm³/mol. The van der Waals surface area contributed by atoms with Gasteiger partial charge in [0.05, 0.1) is 18.2 Å². The highest BCUT2D eigenvalue weighted by atomic mass is 79.9. The fourth-order valence-corrected chi connectivity index (χ4v) is 2.20. The van der Waals surface area contributed by atoms with Crippen LogP contribution in [-0.4, -0.2) is 40.1 Å². The molecule has 5 heteroatoms. The second-order valence-corrected chi connectivity index (χ2v) is 4.66. The second-order valence-electron chi connectivity index (χ2n) is 3.85. The van der Waals surface area contributed by atoms with Crippen LogP contribution in [0.25, 0.3) is 0 Å². The quantitative estimate of drug-likeness (QED) is 0.837. The number of aromatic nitrogens is 1. The van der Waals surface area contributed by atoms with Gasteiger partial charge < -0.3 is 10.0 Å². The van der Waals surface area contributed by atoms with Gasteiger partial charge in [0.1, 0.15) is 4.60 Å². The van der Waals surface area contributed by atoms with Gasteiger partial charge in [-0.1, -0.05) is 0 Å². The maximum Gasteiger partial charge on any atom is 0.255 e. The van der Waals surface area contributed by atoms with Crippen LogP contribution in [0.15, 0.2) is 22.9 Å². The van der Waals surface area contributed by atoms with Gasteiger partial charge in [-0.05, 0) is 40.9 Å². The number of amides is 1. The molecule has 16 heavy (non-hydrogen) atoms. The van der Waals surface area contributed by atoms with Crippen LogP contribution < -0.4 is 0 Å². The standard InChI is InChI=1S/C11H13BrN2O2/c12-10-4-3-8(6-13-10)11(16)14-5-1-2-9(14)7-15/h3-4,6,9,15H,1-2,5,7H2/t9-/m0/s1. The number of carbonyl (C=O) groups is 1. The lowest BCUT2D eigenvalue weighted by Crippen LogP contribution is -2.37. The maximum atomic E-state index is 12.1. The molecule has 2 rings (SSSR count). The van der Waals surface area contributed by atoms with Gasteiger partial charge in [-0.2, -0.15) is 0 Å². The van der Waals surface area contributed by atoms with Crippen LogP contribution in [0, 0.1) is 0 Å². The Hall–Kier alpha value is -0.940. The molecule has 2 heterocycles. The molecule has 1 fully saturated rings. The van der Waals surface area contributed by atoms with Crippen molar-refractivity contribution < 1.29 is 9.90 Å². The van der Waals surface area contributed by atoms with Gasteiger partial charge in [0.25, 0.3) is 5.91 Å². The SMILES string of the molecule is O=C(c1ccc(Br)nc1)N1CCC[C@H]1CO. The molecule has 0 unspecified atom stereocenters. The van der Waals surface area contributed by atoms with Crippen molar-refractivity contribution in [2.24, 2.45) is 0 Å². The Balaban J connectivity index is 2.15. The first kappa shape index (κ1) is 11.5.